The third-order valence-electron chi connectivity index (χ3n) is 4.32. The van der Waals surface area contributed by atoms with Crippen LogP contribution in [-0.2, 0) is 0 Å². The largest absolute Gasteiger partial charge is 1.00 e. The van der Waals surface area contributed by atoms with E-state index in [-0.39, 0.29) is 18.4 Å². The lowest BCUT2D eigenvalue weighted by atomic mass is 10.0. The normalized spacial score (nSPS) is 16.8. The molecule has 0 amide bonds. The summed E-state index contributed by atoms with van der Waals surface area (Å²) >= 11 is 3.46. The maximum Gasteiger partial charge on any atom is 0.372 e. The van der Waals surface area contributed by atoms with E-state index in [9.17, 15) is 0 Å². The third kappa shape index (κ3) is 5.68. The molecular weight excluding hydrogens is 424 g/mol. The highest BCUT2D eigenvalue weighted by Gasteiger charge is 2.23. The van der Waals surface area contributed by atoms with Crippen LogP contribution in [0.5, 0.6) is 0 Å². The average Bonchev–Trinajstić information content (AvgIpc) is 2.67. The molecule has 2 aromatic carbocycles. The first kappa shape index (κ1) is 21.2. The van der Waals surface area contributed by atoms with Gasteiger partial charge in [-0.2, -0.15) is 5.43 Å². The molecule has 6 heteroatoms. The van der Waals surface area contributed by atoms with Crippen molar-refractivity contribution in [3.05, 3.63) is 76.3 Å². The van der Waals surface area contributed by atoms with E-state index in [1.54, 1.807) is 0 Å². The van der Waals surface area contributed by atoms with Crippen LogP contribution in [0.2, 0.25) is 0 Å². The Labute approximate surface area is 175 Å². The van der Waals surface area contributed by atoms with Gasteiger partial charge in [0.25, 0.3) is 0 Å². The molecular formula is C21H24BrClN4. The van der Waals surface area contributed by atoms with Crippen molar-refractivity contribution in [3.8, 4) is 0 Å². The van der Waals surface area contributed by atoms with Crippen molar-refractivity contribution in [2.75, 3.05) is 0 Å². The van der Waals surface area contributed by atoms with Gasteiger partial charge in [0.1, 0.15) is 5.70 Å². The summed E-state index contributed by atoms with van der Waals surface area (Å²) in [5.41, 5.74) is 7.40. The second-order valence-electron chi connectivity index (χ2n) is 6.68. The van der Waals surface area contributed by atoms with Gasteiger partial charge in [0, 0.05) is 10.0 Å². The Bertz CT molecular complexity index is 842. The summed E-state index contributed by atoms with van der Waals surface area (Å²) in [4.78, 5) is 3.47. The van der Waals surface area contributed by atoms with Crippen LogP contribution < -0.4 is 28.1 Å². The number of nitrogens with zero attached hydrogens (tertiary/aromatic N) is 1. The quantitative estimate of drug-likeness (QED) is 0.452. The topological polar surface area (TPSA) is 50.4 Å². The van der Waals surface area contributed by atoms with Crippen molar-refractivity contribution in [1.82, 2.24) is 10.7 Å². The molecule has 0 saturated heterocycles. The summed E-state index contributed by atoms with van der Waals surface area (Å²) in [6.07, 6.45) is 2.23. The highest BCUT2D eigenvalue weighted by atomic mass is 79.9. The van der Waals surface area contributed by atoms with Crippen molar-refractivity contribution in [2.45, 2.75) is 26.8 Å². The molecule has 3 N–H and O–H groups in total. The molecule has 1 heterocycles. The van der Waals surface area contributed by atoms with Gasteiger partial charge >= 0.3 is 5.96 Å². The predicted molar refractivity (Wildman–Crippen MR) is 112 cm³/mol. The third-order valence-corrected chi connectivity index (χ3v) is 4.85. The van der Waals surface area contributed by atoms with E-state index in [2.05, 4.69) is 68.8 Å². The highest BCUT2D eigenvalue weighted by molar-refractivity contribution is 9.10. The van der Waals surface area contributed by atoms with Gasteiger partial charge in [0.15, 0.2) is 0 Å². The Balaban J connectivity index is 0.00000261. The molecule has 142 valence electrons. The molecule has 0 aromatic heterocycles. The lowest BCUT2D eigenvalue weighted by molar-refractivity contribution is -0.503. The number of rotatable bonds is 4. The molecule has 0 fully saturated rings. The predicted octanol–water partition coefficient (Wildman–Crippen LogP) is -0.128. The minimum absolute atomic E-state index is 0. The van der Waals surface area contributed by atoms with Gasteiger partial charge in [0.05, 0.1) is 11.8 Å². The monoisotopic (exact) mass is 446 g/mol. The Kier molecular flexibility index (Phi) is 7.63. The van der Waals surface area contributed by atoms with Gasteiger partial charge in [0.2, 0.25) is 0 Å². The molecule has 4 nitrogen and oxygen atoms in total. The summed E-state index contributed by atoms with van der Waals surface area (Å²) in [7, 11) is 0. The number of hydrogen-bond acceptors (Lipinski definition) is 3. The van der Waals surface area contributed by atoms with Gasteiger partial charge < -0.3 is 12.4 Å². The van der Waals surface area contributed by atoms with Crippen molar-refractivity contribution in [2.24, 2.45) is 11.0 Å². The van der Waals surface area contributed by atoms with Gasteiger partial charge in [-0.3, -0.25) is 4.99 Å². The smallest absolute Gasteiger partial charge is 0.372 e. The molecule has 2 aromatic rings. The number of halogens is 2. The van der Waals surface area contributed by atoms with Gasteiger partial charge in [-0.25, -0.2) is 5.32 Å². The zero-order valence-corrected chi connectivity index (χ0v) is 18.0. The molecule has 1 aliphatic heterocycles. The average molecular weight is 448 g/mol. The summed E-state index contributed by atoms with van der Waals surface area (Å²) in [6, 6.07) is 18.7. The first-order chi connectivity index (χ1) is 12.5. The lowest BCUT2D eigenvalue weighted by Gasteiger charge is -2.19. The molecule has 1 aliphatic rings. The van der Waals surface area contributed by atoms with Crippen molar-refractivity contribution in [3.63, 3.8) is 0 Å². The van der Waals surface area contributed by atoms with Crippen LogP contribution in [0.3, 0.4) is 0 Å². The van der Waals surface area contributed by atoms with E-state index in [1.807, 2.05) is 49.4 Å². The standard InChI is InChI=1S/C21H23BrN4.ClH/c1-14(2)19-13-20(17-7-5-4-6-8-17)24-21(23-19)26-25-15(3)16-9-11-18(22)12-10-16;/h4-14,19H,1-3H3,(H2,23,24,26);1H/b25-15+;. The Morgan fingerprint density at radius 2 is 1.78 bits per heavy atom. The fourth-order valence-corrected chi connectivity index (χ4v) is 2.97. The summed E-state index contributed by atoms with van der Waals surface area (Å²) in [6.45, 7) is 6.40. The van der Waals surface area contributed by atoms with E-state index in [1.165, 1.54) is 0 Å². The zero-order chi connectivity index (χ0) is 18.5. The molecule has 0 spiro atoms. The molecule has 0 saturated carbocycles. The lowest BCUT2D eigenvalue weighted by Crippen LogP contribution is -3.00. The van der Waals surface area contributed by atoms with Crippen molar-refractivity contribution >= 4 is 33.3 Å². The number of nitrogens with one attached hydrogen (secondary N) is 3. The molecule has 1 atom stereocenters. The number of hydrazone groups is 1. The maximum atomic E-state index is 4.53. The van der Waals surface area contributed by atoms with Crippen LogP contribution in [0.4, 0.5) is 0 Å². The molecule has 0 radical (unpaired) electrons. The van der Waals surface area contributed by atoms with Crippen LogP contribution in [-0.4, -0.2) is 17.7 Å². The molecule has 1 unspecified atom stereocenters. The second-order valence-corrected chi connectivity index (χ2v) is 7.59. The summed E-state index contributed by atoms with van der Waals surface area (Å²) in [5.74, 6) is 1.26. The summed E-state index contributed by atoms with van der Waals surface area (Å²) < 4.78 is 1.06. The molecule has 0 aliphatic carbocycles. The summed E-state index contributed by atoms with van der Waals surface area (Å²) in [5, 5.41) is 7.94. The fourth-order valence-electron chi connectivity index (χ4n) is 2.70. The minimum Gasteiger partial charge on any atom is -1.00 e. The Morgan fingerprint density at radius 1 is 1.11 bits per heavy atom. The maximum absolute atomic E-state index is 4.53. The van der Waals surface area contributed by atoms with Gasteiger partial charge in [-0.05, 0) is 36.6 Å². The molecule has 0 bridgehead atoms. The SMILES string of the molecule is C/C(=N\NC1=[NH+]C(C(C)C)C=C(c2ccccc2)N1)c1ccc(Br)cc1.[Cl-]. The van der Waals surface area contributed by atoms with Crippen LogP contribution in [0.25, 0.3) is 5.70 Å². The fraction of sp³-hybridized carbons (Fsp3) is 0.238. The Morgan fingerprint density at radius 3 is 2.41 bits per heavy atom. The first-order valence-electron chi connectivity index (χ1n) is 8.77. The van der Waals surface area contributed by atoms with E-state index < -0.39 is 0 Å². The number of benzene rings is 2. The van der Waals surface area contributed by atoms with E-state index in [0.29, 0.717) is 5.92 Å². The highest BCUT2D eigenvalue weighted by Crippen LogP contribution is 2.14. The van der Waals surface area contributed by atoms with Crippen LogP contribution >= 0.6 is 15.9 Å². The number of hydrogen-bond donors (Lipinski definition) is 3. The second kappa shape index (κ2) is 9.72. The minimum atomic E-state index is 0. The first-order valence-corrected chi connectivity index (χ1v) is 9.56. The van der Waals surface area contributed by atoms with E-state index >= 15 is 0 Å². The zero-order valence-electron chi connectivity index (χ0n) is 15.6. The van der Waals surface area contributed by atoms with Gasteiger partial charge in [-0.15, -0.1) is 5.10 Å². The van der Waals surface area contributed by atoms with Crippen molar-refractivity contribution in [1.29, 1.82) is 0 Å². The number of guanidine groups is 1. The molecule has 3 rings (SSSR count). The van der Waals surface area contributed by atoms with Gasteiger partial charge in [-0.1, -0.05) is 72.2 Å². The molecule has 27 heavy (non-hydrogen) atoms. The Hall–Kier alpha value is -2.11. The van der Waals surface area contributed by atoms with Crippen LogP contribution in [0, 0.1) is 5.92 Å². The van der Waals surface area contributed by atoms with Crippen LogP contribution in [0.1, 0.15) is 31.9 Å². The van der Waals surface area contributed by atoms with Crippen molar-refractivity contribution < 1.29 is 17.4 Å². The van der Waals surface area contributed by atoms with E-state index in [0.717, 1.165) is 33.0 Å². The van der Waals surface area contributed by atoms with E-state index in [4.69, 9.17) is 0 Å². The van der Waals surface area contributed by atoms with Crippen LogP contribution in [0.15, 0.2) is 70.2 Å².